The van der Waals surface area contributed by atoms with Crippen molar-refractivity contribution in [3.05, 3.63) is 48.1 Å². The Kier molecular flexibility index (Phi) is 3.69. The van der Waals surface area contributed by atoms with Crippen LogP contribution in [-0.2, 0) is 16.6 Å². The lowest BCUT2D eigenvalue weighted by Crippen LogP contribution is -2.23. The summed E-state index contributed by atoms with van der Waals surface area (Å²) in [6.07, 6.45) is 1.39. The molecule has 22 heavy (non-hydrogen) atoms. The second-order valence-corrected chi connectivity index (χ2v) is 6.27. The van der Waals surface area contributed by atoms with E-state index in [9.17, 15) is 8.42 Å². The SMILES string of the molecule is Cc1cc(CNS(=O)(=O)c2cccc(-n3cnnn3)c2)no1. The highest BCUT2D eigenvalue weighted by Crippen LogP contribution is 2.14. The number of benzene rings is 1. The molecule has 0 spiro atoms. The zero-order valence-electron chi connectivity index (χ0n) is 11.5. The van der Waals surface area contributed by atoms with Gasteiger partial charge in [-0.1, -0.05) is 11.2 Å². The fourth-order valence-corrected chi connectivity index (χ4v) is 2.86. The number of aryl methyl sites for hydroxylation is 1. The minimum atomic E-state index is -3.68. The van der Waals surface area contributed by atoms with E-state index in [4.69, 9.17) is 4.52 Å². The summed E-state index contributed by atoms with van der Waals surface area (Å²) >= 11 is 0. The molecule has 0 bridgehead atoms. The van der Waals surface area contributed by atoms with Crippen molar-refractivity contribution < 1.29 is 12.9 Å². The van der Waals surface area contributed by atoms with E-state index in [2.05, 4.69) is 25.4 Å². The third-order valence-corrected chi connectivity index (χ3v) is 4.26. The van der Waals surface area contributed by atoms with E-state index in [0.29, 0.717) is 17.1 Å². The molecule has 3 rings (SSSR count). The second kappa shape index (κ2) is 5.66. The molecule has 1 N–H and O–H groups in total. The Bertz CT molecular complexity index is 872. The molecule has 0 aliphatic heterocycles. The molecule has 9 nitrogen and oxygen atoms in total. The van der Waals surface area contributed by atoms with Gasteiger partial charge in [0.25, 0.3) is 0 Å². The van der Waals surface area contributed by atoms with Crippen LogP contribution in [-0.4, -0.2) is 33.8 Å². The smallest absolute Gasteiger partial charge is 0.241 e. The van der Waals surface area contributed by atoms with Crippen LogP contribution in [0, 0.1) is 6.92 Å². The van der Waals surface area contributed by atoms with Gasteiger partial charge >= 0.3 is 0 Å². The van der Waals surface area contributed by atoms with E-state index in [0.717, 1.165) is 0 Å². The van der Waals surface area contributed by atoms with Gasteiger partial charge in [0.15, 0.2) is 0 Å². The van der Waals surface area contributed by atoms with E-state index in [1.54, 1.807) is 25.1 Å². The average molecular weight is 320 g/mol. The molecule has 0 aliphatic rings. The fourth-order valence-electron chi connectivity index (χ4n) is 1.83. The molecule has 1 aromatic carbocycles. The predicted molar refractivity (Wildman–Crippen MR) is 74.4 cm³/mol. The van der Waals surface area contributed by atoms with E-state index >= 15 is 0 Å². The minimum Gasteiger partial charge on any atom is -0.361 e. The molecule has 2 aromatic heterocycles. The molecule has 0 saturated carbocycles. The first-order chi connectivity index (χ1) is 10.5. The standard InChI is InChI=1S/C12H12N6O3S/c1-9-5-10(15-21-9)7-14-22(19,20)12-4-2-3-11(6-12)18-8-13-16-17-18/h2-6,8,14H,7H2,1H3. The highest BCUT2D eigenvalue weighted by molar-refractivity contribution is 7.89. The van der Waals surface area contributed by atoms with Gasteiger partial charge in [0.05, 0.1) is 22.8 Å². The largest absolute Gasteiger partial charge is 0.361 e. The average Bonchev–Trinajstić information content (AvgIpc) is 3.17. The molecule has 10 heteroatoms. The van der Waals surface area contributed by atoms with E-state index in [-0.39, 0.29) is 11.4 Å². The Hall–Kier alpha value is -2.59. The Morgan fingerprint density at radius 2 is 2.18 bits per heavy atom. The summed E-state index contributed by atoms with van der Waals surface area (Å²) in [4.78, 5) is 0.112. The second-order valence-electron chi connectivity index (χ2n) is 4.51. The van der Waals surface area contributed by atoms with Gasteiger partial charge in [-0.2, -0.15) is 0 Å². The van der Waals surface area contributed by atoms with Crippen LogP contribution in [0.2, 0.25) is 0 Å². The normalized spacial score (nSPS) is 11.7. The molecular formula is C12H12N6O3S. The number of sulfonamides is 1. The summed E-state index contributed by atoms with van der Waals surface area (Å²) in [7, 11) is -3.68. The first-order valence-corrected chi connectivity index (χ1v) is 7.78. The van der Waals surface area contributed by atoms with Gasteiger partial charge in [-0.15, -0.1) is 5.10 Å². The molecular weight excluding hydrogens is 308 g/mol. The first-order valence-electron chi connectivity index (χ1n) is 6.30. The summed E-state index contributed by atoms with van der Waals surface area (Å²) in [5.74, 6) is 0.620. The van der Waals surface area contributed by atoms with Crippen molar-refractivity contribution >= 4 is 10.0 Å². The maximum absolute atomic E-state index is 12.3. The lowest BCUT2D eigenvalue weighted by Gasteiger charge is -2.06. The van der Waals surface area contributed by atoms with Gasteiger partial charge in [0.2, 0.25) is 10.0 Å². The molecule has 0 saturated heterocycles. The summed E-state index contributed by atoms with van der Waals surface area (Å²) in [5.41, 5.74) is 1.06. The first kappa shape index (κ1) is 14.4. The lowest BCUT2D eigenvalue weighted by molar-refractivity contribution is 0.390. The number of tetrazole rings is 1. The van der Waals surface area contributed by atoms with Crippen molar-refractivity contribution in [1.29, 1.82) is 0 Å². The van der Waals surface area contributed by atoms with Crippen molar-refractivity contribution in [2.24, 2.45) is 0 Å². The number of rotatable bonds is 5. The predicted octanol–water partition coefficient (Wildman–Crippen LogP) is 0.437. The lowest BCUT2D eigenvalue weighted by atomic mass is 10.3. The summed E-state index contributed by atoms with van der Waals surface area (Å²) < 4.78 is 33.3. The number of nitrogens with one attached hydrogen (secondary N) is 1. The molecule has 0 unspecified atom stereocenters. The molecule has 0 atom stereocenters. The van der Waals surface area contributed by atoms with Gasteiger partial charge < -0.3 is 4.52 Å². The number of hydrogen-bond donors (Lipinski definition) is 1. The topological polar surface area (TPSA) is 116 Å². The van der Waals surface area contributed by atoms with Gasteiger partial charge in [-0.05, 0) is 35.5 Å². The van der Waals surface area contributed by atoms with Gasteiger partial charge in [0.1, 0.15) is 12.1 Å². The van der Waals surface area contributed by atoms with Crippen molar-refractivity contribution in [2.75, 3.05) is 0 Å². The molecule has 114 valence electrons. The van der Waals surface area contributed by atoms with Crippen LogP contribution in [0.1, 0.15) is 11.5 Å². The number of aromatic nitrogens is 5. The third-order valence-electron chi connectivity index (χ3n) is 2.86. The van der Waals surface area contributed by atoms with Crippen molar-refractivity contribution in [3.8, 4) is 5.69 Å². The van der Waals surface area contributed by atoms with Crippen LogP contribution in [0.15, 0.2) is 46.1 Å². The minimum absolute atomic E-state index is 0.0504. The number of nitrogens with zero attached hydrogens (tertiary/aromatic N) is 5. The maximum Gasteiger partial charge on any atom is 0.241 e. The van der Waals surface area contributed by atoms with Crippen molar-refractivity contribution in [3.63, 3.8) is 0 Å². The van der Waals surface area contributed by atoms with Crippen LogP contribution in [0.4, 0.5) is 0 Å². The number of hydrogen-bond acceptors (Lipinski definition) is 7. The maximum atomic E-state index is 12.3. The van der Waals surface area contributed by atoms with Crippen LogP contribution in [0.25, 0.3) is 5.69 Å². The van der Waals surface area contributed by atoms with Crippen LogP contribution in [0.3, 0.4) is 0 Å². The summed E-state index contributed by atoms with van der Waals surface area (Å²) in [6.45, 7) is 1.79. The molecule has 3 aromatic rings. The van der Waals surface area contributed by atoms with Gasteiger partial charge in [-0.25, -0.2) is 17.8 Å². The monoisotopic (exact) mass is 320 g/mol. The van der Waals surface area contributed by atoms with Crippen LogP contribution >= 0.6 is 0 Å². The summed E-state index contributed by atoms with van der Waals surface area (Å²) in [6, 6.07) is 7.96. The van der Waals surface area contributed by atoms with Crippen LogP contribution in [0.5, 0.6) is 0 Å². The Labute approximate surface area is 126 Å². The van der Waals surface area contributed by atoms with E-state index in [1.807, 2.05) is 0 Å². The van der Waals surface area contributed by atoms with Gasteiger partial charge in [-0.3, -0.25) is 0 Å². The summed E-state index contributed by atoms with van der Waals surface area (Å²) in [5, 5.41) is 14.5. The fraction of sp³-hybridized carbons (Fsp3) is 0.167. The van der Waals surface area contributed by atoms with Crippen molar-refractivity contribution in [2.45, 2.75) is 18.4 Å². The zero-order chi connectivity index (χ0) is 15.6. The van der Waals surface area contributed by atoms with E-state index < -0.39 is 10.0 Å². The van der Waals surface area contributed by atoms with Gasteiger partial charge in [0, 0.05) is 6.07 Å². The highest BCUT2D eigenvalue weighted by atomic mass is 32.2. The van der Waals surface area contributed by atoms with Crippen LogP contribution < -0.4 is 4.72 Å². The molecule has 2 heterocycles. The molecule has 0 aliphatic carbocycles. The Balaban J connectivity index is 1.81. The van der Waals surface area contributed by atoms with E-state index in [1.165, 1.54) is 23.1 Å². The Morgan fingerprint density at radius 3 is 2.86 bits per heavy atom. The molecule has 0 amide bonds. The molecule has 0 fully saturated rings. The third kappa shape index (κ3) is 3.02. The van der Waals surface area contributed by atoms with Crippen molar-refractivity contribution in [1.82, 2.24) is 30.1 Å². The quantitative estimate of drug-likeness (QED) is 0.725. The molecule has 0 radical (unpaired) electrons. The Morgan fingerprint density at radius 1 is 1.32 bits per heavy atom. The zero-order valence-corrected chi connectivity index (χ0v) is 12.4. The highest BCUT2D eigenvalue weighted by Gasteiger charge is 2.15.